The Morgan fingerprint density at radius 3 is 1.42 bits per heavy atom. The van der Waals surface area contributed by atoms with Crippen molar-refractivity contribution in [2.45, 2.75) is 262 Å². The van der Waals surface area contributed by atoms with Crippen LogP contribution in [-0.2, 0) is 14.3 Å². The molecule has 1 amide bonds. The molecule has 0 aromatic heterocycles. The summed E-state index contributed by atoms with van der Waals surface area (Å²) in [6.45, 7) is 3.78. The van der Waals surface area contributed by atoms with Crippen molar-refractivity contribution in [2.24, 2.45) is 0 Å². The molecule has 1 saturated heterocycles. The van der Waals surface area contributed by atoms with Crippen molar-refractivity contribution in [3.63, 3.8) is 0 Å². The van der Waals surface area contributed by atoms with Crippen molar-refractivity contribution in [1.29, 1.82) is 0 Å². The minimum Gasteiger partial charge on any atom is -0.394 e. The van der Waals surface area contributed by atoms with Crippen molar-refractivity contribution in [3.8, 4) is 0 Å². The monoisotopic (exact) mass is 810 g/mol. The molecule has 1 aliphatic rings. The van der Waals surface area contributed by atoms with Crippen LogP contribution in [0.5, 0.6) is 0 Å². The minimum atomic E-state index is -1.56. The van der Waals surface area contributed by atoms with Gasteiger partial charge in [0.15, 0.2) is 6.29 Å². The lowest BCUT2D eigenvalue weighted by Crippen LogP contribution is -2.60. The molecule has 0 aromatic rings. The summed E-state index contributed by atoms with van der Waals surface area (Å²) in [6, 6.07) is -0.804. The third-order valence-corrected chi connectivity index (χ3v) is 11.5. The van der Waals surface area contributed by atoms with Crippen LogP contribution in [0.15, 0.2) is 24.3 Å². The molecule has 0 saturated carbocycles. The number of carbonyl (C=O) groups excluding carboxylic acids is 1. The van der Waals surface area contributed by atoms with Crippen LogP contribution in [0.4, 0.5) is 0 Å². The molecule has 9 heteroatoms. The van der Waals surface area contributed by atoms with Gasteiger partial charge >= 0.3 is 0 Å². The van der Waals surface area contributed by atoms with Crippen molar-refractivity contribution in [3.05, 3.63) is 24.3 Å². The van der Waals surface area contributed by atoms with Crippen LogP contribution in [0.3, 0.4) is 0 Å². The summed E-state index contributed by atoms with van der Waals surface area (Å²) in [4.78, 5) is 13.0. The number of carbonyl (C=O) groups is 1. The number of allylic oxidation sites excluding steroid dienone is 3. The lowest BCUT2D eigenvalue weighted by molar-refractivity contribution is -0.302. The number of hydrogen-bond acceptors (Lipinski definition) is 8. The van der Waals surface area contributed by atoms with Crippen LogP contribution in [0.25, 0.3) is 0 Å². The maximum absolute atomic E-state index is 13.0. The van der Waals surface area contributed by atoms with Gasteiger partial charge in [0.1, 0.15) is 24.4 Å². The Balaban J connectivity index is 2.33. The summed E-state index contributed by atoms with van der Waals surface area (Å²) in [7, 11) is 0. The van der Waals surface area contributed by atoms with E-state index in [-0.39, 0.29) is 12.5 Å². The van der Waals surface area contributed by atoms with Gasteiger partial charge in [0, 0.05) is 6.42 Å². The second kappa shape index (κ2) is 38.8. The number of rotatable bonds is 40. The first kappa shape index (κ1) is 53.7. The van der Waals surface area contributed by atoms with Gasteiger partial charge in [-0.25, -0.2) is 0 Å². The van der Waals surface area contributed by atoms with Gasteiger partial charge in [-0.1, -0.05) is 192 Å². The van der Waals surface area contributed by atoms with Crippen LogP contribution < -0.4 is 5.32 Å². The van der Waals surface area contributed by atoms with Crippen molar-refractivity contribution in [2.75, 3.05) is 13.2 Å². The normalized spacial score (nSPS) is 21.1. The molecule has 0 bridgehead atoms. The van der Waals surface area contributed by atoms with E-state index in [1.165, 1.54) is 161 Å². The number of aliphatic hydroxyl groups is 5. The molecule has 1 fully saturated rings. The fraction of sp³-hybridized carbons (Fsp3) is 0.896. The molecule has 57 heavy (non-hydrogen) atoms. The van der Waals surface area contributed by atoms with E-state index < -0.39 is 49.5 Å². The molecule has 0 radical (unpaired) electrons. The van der Waals surface area contributed by atoms with Gasteiger partial charge in [-0.3, -0.25) is 4.79 Å². The maximum Gasteiger partial charge on any atom is 0.220 e. The number of amides is 1. The summed E-state index contributed by atoms with van der Waals surface area (Å²) in [5.41, 5.74) is 0. The predicted octanol–water partition coefficient (Wildman–Crippen LogP) is 10.3. The second-order valence-corrected chi connectivity index (χ2v) is 16.9. The lowest BCUT2D eigenvalue weighted by Gasteiger charge is -2.40. The van der Waals surface area contributed by atoms with E-state index in [1.807, 2.05) is 6.08 Å². The second-order valence-electron chi connectivity index (χ2n) is 16.9. The molecule has 7 atom stereocenters. The van der Waals surface area contributed by atoms with E-state index >= 15 is 0 Å². The smallest absolute Gasteiger partial charge is 0.220 e. The highest BCUT2D eigenvalue weighted by molar-refractivity contribution is 5.76. The first-order valence-corrected chi connectivity index (χ1v) is 24.1. The van der Waals surface area contributed by atoms with E-state index in [2.05, 4.69) is 31.3 Å². The van der Waals surface area contributed by atoms with Crippen LogP contribution in [0, 0.1) is 0 Å². The molecule has 336 valence electrons. The zero-order valence-electron chi connectivity index (χ0n) is 36.9. The lowest BCUT2D eigenvalue weighted by atomic mass is 9.99. The molecule has 9 nitrogen and oxygen atoms in total. The zero-order chi connectivity index (χ0) is 41.6. The Bertz CT molecular complexity index is 945. The van der Waals surface area contributed by atoms with Crippen molar-refractivity contribution < 1.29 is 39.8 Å². The van der Waals surface area contributed by atoms with E-state index in [0.29, 0.717) is 6.42 Å². The Labute approximate surface area is 349 Å². The summed E-state index contributed by atoms with van der Waals surface area (Å²) in [5, 5.41) is 54.2. The quantitative estimate of drug-likeness (QED) is 0.0265. The number of ether oxygens (including phenoxy) is 2. The molecule has 7 unspecified atom stereocenters. The molecule has 0 aliphatic carbocycles. The van der Waals surface area contributed by atoms with Crippen molar-refractivity contribution in [1.82, 2.24) is 5.32 Å². The highest BCUT2D eigenvalue weighted by Gasteiger charge is 2.44. The van der Waals surface area contributed by atoms with Crippen LogP contribution in [0.1, 0.15) is 219 Å². The summed E-state index contributed by atoms with van der Waals surface area (Å²) in [5.74, 6) is -0.180. The van der Waals surface area contributed by atoms with Crippen LogP contribution >= 0.6 is 0 Å². The Hall–Kier alpha value is -1.33. The Kier molecular flexibility index (Phi) is 36.6. The average molecular weight is 810 g/mol. The van der Waals surface area contributed by atoms with Gasteiger partial charge in [-0.05, 0) is 44.9 Å². The predicted molar refractivity (Wildman–Crippen MR) is 235 cm³/mol. The van der Waals surface area contributed by atoms with Crippen molar-refractivity contribution >= 4 is 5.91 Å². The SMILES string of the molecule is CCCCCCCCCC/C=C\CCCCCCCCCC(=O)NC(COC1OC(CO)C(O)C(O)C1O)C(O)/C=C/CCCCCCCCCCCCCCC. The largest absolute Gasteiger partial charge is 0.394 e. The fourth-order valence-corrected chi connectivity index (χ4v) is 7.62. The third kappa shape index (κ3) is 29.5. The number of nitrogens with one attached hydrogen (secondary N) is 1. The van der Waals surface area contributed by atoms with Crippen LogP contribution in [-0.4, -0.2) is 87.5 Å². The molecular weight excluding hydrogens is 719 g/mol. The van der Waals surface area contributed by atoms with Gasteiger partial charge in [0.2, 0.25) is 5.91 Å². The van der Waals surface area contributed by atoms with Gasteiger partial charge < -0.3 is 40.3 Å². The Morgan fingerprint density at radius 1 is 0.579 bits per heavy atom. The highest BCUT2D eigenvalue weighted by atomic mass is 16.7. The van der Waals surface area contributed by atoms with Gasteiger partial charge in [-0.2, -0.15) is 0 Å². The molecule has 0 spiro atoms. The number of unbranched alkanes of at least 4 members (excludes halogenated alkanes) is 28. The first-order valence-electron chi connectivity index (χ1n) is 24.1. The van der Waals surface area contributed by atoms with E-state index in [9.17, 15) is 30.3 Å². The zero-order valence-corrected chi connectivity index (χ0v) is 36.9. The summed E-state index contributed by atoms with van der Waals surface area (Å²) >= 11 is 0. The fourth-order valence-electron chi connectivity index (χ4n) is 7.62. The van der Waals surface area contributed by atoms with Gasteiger partial charge in [0.25, 0.3) is 0 Å². The van der Waals surface area contributed by atoms with Crippen LogP contribution in [0.2, 0.25) is 0 Å². The maximum atomic E-state index is 13.0. The third-order valence-electron chi connectivity index (χ3n) is 11.5. The molecule has 1 aliphatic heterocycles. The standard InChI is InChI=1S/C48H91NO8/c1-3-5-7-9-11-13-15-17-19-20-21-22-24-26-28-30-32-34-36-38-44(52)49-41(40-56-48-47(55)46(54)45(53)43(39-50)57-48)42(51)37-35-33-31-29-27-25-23-18-16-14-12-10-8-6-4-2/h20-21,35,37,41-43,45-48,50-51,53-55H,3-19,22-34,36,38-40H2,1-2H3,(H,49,52)/b21-20-,37-35+. The molecule has 1 rings (SSSR count). The number of hydrogen-bond donors (Lipinski definition) is 6. The van der Waals surface area contributed by atoms with E-state index in [0.717, 1.165) is 38.5 Å². The minimum absolute atomic E-state index is 0.180. The number of aliphatic hydroxyl groups excluding tert-OH is 5. The summed E-state index contributed by atoms with van der Waals surface area (Å²) in [6.07, 6.45) is 39.3. The molecule has 6 N–H and O–H groups in total. The summed E-state index contributed by atoms with van der Waals surface area (Å²) < 4.78 is 11.2. The average Bonchev–Trinajstić information content (AvgIpc) is 3.21. The Morgan fingerprint density at radius 2 is 0.982 bits per heavy atom. The topological polar surface area (TPSA) is 149 Å². The first-order chi connectivity index (χ1) is 27.8. The van der Waals surface area contributed by atoms with E-state index in [4.69, 9.17) is 9.47 Å². The molecule has 1 heterocycles. The van der Waals surface area contributed by atoms with E-state index in [1.54, 1.807) is 6.08 Å². The molecule has 0 aromatic carbocycles. The molecular formula is C48H91NO8. The highest BCUT2D eigenvalue weighted by Crippen LogP contribution is 2.23. The van der Waals surface area contributed by atoms with Gasteiger partial charge in [0.05, 0.1) is 25.4 Å². The van der Waals surface area contributed by atoms with Gasteiger partial charge in [-0.15, -0.1) is 0 Å².